The third-order valence-corrected chi connectivity index (χ3v) is 8.13. The molecule has 4 atom stereocenters. The minimum Gasteiger partial charge on any atom is -0.355 e. The molecule has 0 aromatic heterocycles. The SMILES string of the molecule is CC12CC3CC(C1)CC(C(=O)NCC1CCCC1Br)(C3)C2. The lowest BCUT2D eigenvalue weighted by atomic mass is 9.44. The molecule has 1 N–H and O–H groups in total. The number of rotatable bonds is 3. The van der Waals surface area contributed by atoms with Gasteiger partial charge in [0.25, 0.3) is 0 Å². The Morgan fingerprint density at radius 1 is 1.19 bits per heavy atom. The van der Waals surface area contributed by atoms with E-state index in [-0.39, 0.29) is 5.41 Å². The Morgan fingerprint density at radius 3 is 2.48 bits per heavy atom. The number of amides is 1. The fraction of sp³-hybridized carbons (Fsp3) is 0.944. The van der Waals surface area contributed by atoms with E-state index in [1.54, 1.807) is 0 Å². The second-order valence-electron chi connectivity index (χ2n) is 8.97. The first-order chi connectivity index (χ1) is 9.98. The predicted molar refractivity (Wildman–Crippen MR) is 88.3 cm³/mol. The van der Waals surface area contributed by atoms with Crippen LogP contribution >= 0.6 is 15.9 Å². The van der Waals surface area contributed by atoms with Gasteiger partial charge in [0, 0.05) is 11.4 Å². The lowest BCUT2D eigenvalue weighted by molar-refractivity contribution is -0.155. The summed E-state index contributed by atoms with van der Waals surface area (Å²) in [5, 5.41) is 3.36. The molecule has 5 aliphatic rings. The van der Waals surface area contributed by atoms with Crippen LogP contribution in [0.2, 0.25) is 0 Å². The molecule has 1 amide bonds. The van der Waals surface area contributed by atoms with E-state index < -0.39 is 0 Å². The summed E-state index contributed by atoms with van der Waals surface area (Å²) in [5.41, 5.74) is 0.464. The molecule has 118 valence electrons. The van der Waals surface area contributed by atoms with Gasteiger partial charge in [0.15, 0.2) is 0 Å². The van der Waals surface area contributed by atoms with Crippen LogP contribution in [0.25, 0.3) is 0 Å². The van der Waals surface area contributed by atoms with Crippen LogP contribution < -0.4 is 5.32 Å². The van der Waals surface area contributed by atoms with Crippen LogP contribution in [0.15, 0.2) is 0 Å². The average molecular weight is 354 g/mol. The van der Waals surface area contributed by atoms with Gasteiger partial charge >= 0.3 is 0 Å². The lowest BCUT2D eigenvalue weighted by Crippen LogP contribution is -2.57. The van der Waals surface area contributed by atoms with E-state index in [2.05, 4.69) is 28.2 Å². The molecule has 0 radical (unpaired) electrons. The molecule has 5 fully saturated rings. The minimum atomic E-state index is -0.000747. The number of hydrogen-bond donors (Lipinski definition) is 1. The summed E-state index contributed by atoms with van der Waals surface area (Å²) in [6.45, 7) is 3.33. The van der Waals surface area contributed by atoms with E-state index in [1.807, 2.05) is 0 Å². The summed E-state index contributed by atoms with van der Waals surface area (Å²) < 4.78 is 0. The summed E-state index contributed by atoms with van der Waals surface area (Å²) in [6, 6.07) is 0. The Morgan fingerprint density at radius 2 is 1.90 bits per heavy atom. The van der Waals surface area contributed by atoms with Gasteiger partial charge < -0.3 is 5.32 Å². The number of carbonyl (C=O) groups is 1. The van der Waals surface area contributed by atoms with Gasteiger partial charge in [0.05, 0.1) is 5.41 Å². The van der Waals surface area contributed by atoms with E-state index in [9.17, 15) is 4.79 Å². The Kier molecular flexibility index (Phi) is 3.44. The van der Waals surface area contributed by atoms with Crippen molar-refractivity contribution < 1.29 is 4.79 Å². The molecule has 5 aliphatic carbocycles. The van der Waals surface area contributed by atoms with Crippen molar-refractivity contribution in [2.45, 2.75) is 69.5 Å². The predicted octanol–water partition coefficient (Wildman–Crippen LogP) is 4.27. The highest BCUT2D eigenvalue weighted by Gasteiger charge is 2.58. The zero-order chi connectivity index (χ0) is 14.7. The van der Waals surface area contributed by atoms with Crippen LogP contribution in [0.3, 0.4) is 0 Å². The van der Waals surface area contributed by atoms with E-state index in [4.69, 9.17) is 0 Å². The number of hydrogen-bond acceptors (Lipinski definition) is 1. The Hall–Kier alpha value is -0.0500. The van der Waals surface area contributed by atoms with Crippen molar-refractivity contribution in [2.75, 3.05) is 6.54 Å². The van der Waals surface area contributed by atoms with Crippen molar-refractivity contribution in [3.8, 4) is 0 Å². The molecule has 2 nitrogen and oxygen atoms in total. The summed E-state index contributed by atoms with van der Waals surface area (Å²) >= 11 is 3.78. The summed E-state index contributed by atoms with van der Waals surface area (Å²) in [6.07, 6.45) is 11.5. The molecule has 0 aromatic carbocycles. The molecular formula is C18H28BrNO. The van der Waals surface area contributed by atoms with Crippen molar-refractivity contribution in [2.24, 2.45) is 28.6 Å². The molecule has 0 aliphatic heterocycles. The number of carbonyl (C=O) groups excluding carboxylic acids is 1. The van der Waals surface area contributed by atoms with Gasteiger partial charge in [-0.15, -0.1) is 0 Å². The number of nitrogens with one attached hydrogen (secondary N) is 1. The van der Waals surface area contributed by atoms with Crippen LogP contribution in [-0.2, 0) is 4.79 Å². The number of halogens is 1. The van der Waals surface area contributed by atoms with Gasteiger partial charge in [-0.2, -0.15) is 0 Å². The summed E-state index contributed by atoms with van der Waals surface area (Å²) in [5.74, 6) is 2.71. The number of alkyl halides is 1. The highest BCUT2D eigenvalue weighted by Crippen LogP contribution is 2.65. The van der Waals surface area contributed by atoms with Gasteiger partial charge in [0.2, 0.25) is 5.91 Å². The Bertz CT molecular complexity index is 434. The molecule has 4 bridgehead atoms. The molecular weight excluding hydrogens is 326 g/mol. The Labute approximate surface area is 136 Å². The van der Waals surface area contributed by atoms with Gasteiger partial charge in [-0.05, 0) is 74.5 Å². The molecule has 5 rings (SSSR count). The first kappa shape index (κ1) is 14.5. The maximum absolute atomic E-state index is 13.0. The third-order valence-electron chi connectivity index (χ3n) is 6.93. The van der Waals surface area contributed by atoms with Crippen LogP contribution in [0.5, 0.6) is 0 Å². The maximum Gasteiger partial charge on any atom is 0.226 e. The van der Waals surface area contributed by atoms with Crippen molar-refractivity contribution in [3.05, 3.63) is 0 Å². The molecule has 3 heteroatoms. The quantitative estimate of drug-likeness (QED) is 0.754. The summed E-state index contributed by atoms with van der Waals surface area (Å²) in [7, 11) is 0. The average Bonchev–Trinajstić information content (AvgIpc) is 2.78. The molecule has 21 heavy (non-hydrogen) atoms. The normalized spacial score (nSPS) is 51.3. The molecule has 0 aromatic rings. The first-order valence-corrected chi connectivity index (χ1v) is 9.82. The van der Waals surface area contributed by atoms with Gasteiger partial charge in [-0.25, -0.2) is 0 Å². The van der Waals surface area contributed by atoms with Crippen molar-refractivity contribution in [1.82, 2.24) is 5.32 Å². The highest BCUT2D eigenvalue weighted by molar-refractivity contribution is 9.09. The van der Waals surface area contributed by atoms with Crippen LogP contribution in [0.4, 0.5) is 0 Å². The van der Waals surface area contributed by atoms with E-state index in [1.165, 1.54) is 51.4 Å². The largest absolute Gasteiger partial charge is 0.355 e. The van der Waals surface area contributed by atoms with Crippen molar-refractivity contribution in [1.29, 1.82) is 0 Å². The summed E-state index contributed by atoms with van der Waals surface area (Å²) in [4.78, 5) is 13.6. The van der Waals surface area contributed by atoms with Crippen molar-refractivity contribution in [3.63, 3.8) is 0 Å². The van der Waals surface area contributed by atoms with Crippen LogP contribution in [-0.4, -0.2) is 17.3 Å². The zero-order valence-electron chi connectivity index (χ0n) is 13.2. The molecule has 5 saturated carbocycles. The molecule has 0 heterocycles. The van der Waals surface area contributed by atoms with E-state index in [0.29, 0.717) is 22.1 Å². The molecule has 0 saturated heterocycles. The maximum atomic E-state index is 13.0. The fourth-order valence-electron chi connectivity index (χ4n) is 6.62. The van der Waals surface area contributed by atoms with E-state index in [0.717, 1.165) is 24.8 Å². The van der Waals surface area contributed by atoms with Gasteiger partial charge in [-0.1, -0.05) is 29.3 Å². The Balaban J connectivity index is 1.44. The smallest absolute Gasteiger partial charge is 0.226 e. The van der Waals surface area contributed by atoms with Gasteiger partial charge in [-0.3, -0.25) is 4.79 Å². The monoisotopic (exact) mass is 353 g/mol. The highest BCUT2D eigenvalue weighted by atomic mass is 79.9. The molecule has 0 spiro atoms. The van der Waals surface area contributed by atoms with Crippen molar-refractivity contribution >= 4 is 21.8 Å². The third kappa shape index (κ3) is 2.48. The lowest BCUT2D eigenvalue weighted by Gasteiger charge is -2.60. The van der Waals surface area contributed by atoms with Crippen LogP contribution in [0.1, 0.15) is 64.7 Å². The standard InChI is InChI=1S/C18H28BrNO/c1-17-6-12-5-13(7-17)9-18(8-12,11-17)16(21)20-10-14-3-2-4-15(14)19/h12-15H,2-11H2,1H3,(H,20,21). The topological polar surface area (TPSA) is 29.1 Å². The minimum absolute atomic E-state index is 0.000747. The molecule has 4 unspecified atom stereocenters. The fourth-order valence-corrected chi connectivity index (χ4v) is 7.39. The van der Waals surface area contributed by atoms with E-state index >= 15 is 0 Å². The van der Waals surface area contributed by atoms with Crippen LogP contribution in [0, 0.1) is 28.6 Å². The second kappa shape index (κ2) is 4.97. The first-order valence-electron chi connectivity index (χ1n) is 8.90. The zero-order valence-corrected chi connectivity index (χ0v) is 14.8. The van der Waals surface area contributed by atoms with Gasteiger partial charge in [0.1, 0.15) is 0 Å². The second-order valence-corrected chi connectivity index (χ2v) is 10.1.